The van der Waals surface area contributed by atoms with Gasteiger partial charge in [-0.25, -0.2) is 9.78 Å². The number of carboxylic acids is 1. The highest BCUT2D eigenvalue weighted by Crippen LogP contribution is 2.38. The van der Waals surface area contributed by atoms with Crippen LogP contribution in [0.4, 0.5) is 0 Å². The molecule has 0 bridgehead atoms. The number of hydrogen-bond acceptors (Lipinski definition) is 4. The Bertz CT molecular complexity index is 1290. The van der Waals surface area contributed by atoms with Gasteiger partial charge in [-0.1, -0.05) is 61.3 Å². The van der Waals surface area contributed by atoms with Crippen molar-refractivity contribution < 1.29 is 9.90 Å². The maximum atomic E-state index is 12.0. The van der Waals surface area contributed by atoms with E-state index in [0.717, 1.165) is 38.7 Å². The van der Waals surface area contributed by atoms with E-state index in [1.54, 1.807) is 41.9 Å². The number of pyridine rings is 1. The lowest BCUT2D eigenvalue weighted by Gasteiger charge is -2.08. The van der Waals surface area contributed by atoms with Gasteiger partial charge in [0, 0.05) is 34.0 Å². The van der Waals surface area contributed by atoms with Crippen LogP contribution in [0, 0.1) is 5.92 Å². The number of benzene rings is 2. The molecular formula is C25H20Cl2N2O2S. The number of halogens is 2. The van der Waals surface area contributed by atoms with Gasteiger partial charge in [0.25, 0.3) is 0 Å². The fourth-order valence-electron chi connectivity index (χ4n) is 3.48. The van der Waals surface area contributed by atoms with Gasteiger partial charge in [0.15, 0.2) is 0 Å². The Hall–Kier alpha value is -2.73. The first-order valence-electron chi connectivity index (χ1n) is 10.1. The fourth-order valence-corrected chi connectivity index (χ4v) is 5.07. The average molecular weight is 483 g/mol. The summed E-state index contributed by atoms with van der Waals surface area (Å²) < 4.78 is 0. The lowest BCUT2D eigenvalue weighted by Crippen LogP contribution is -2.00. The van der Waals surface area contributed by atoms with E-state index in [-0.39, 0.29) is 5.56 Å². The molecule has 0 aliphatic rings. The first-order chi connectivity index (χ1) is 15.3. The van der Waals surface area contributed by atoms with Gasteiger partial charge in [-0.3, -0.25) is 4.98 Å². The van der Waals surface area contributed by atoms with Crippen molar-refractivity contribution in [3.63, 3.8) is 0 Å². The van der Waals surface area contributed by atoms with Crippen molar-refractivity contribution in [3.05, 3.63) is 81.4 Å². The molecule has 2 heterocycles. The molecule has 0 amide bonds. The van der Waals surface area contributed by atoms with Gasteiger partial charge >= 0.3 is 5.97 Å². The summed E-state index contributed by atoms with van der Waals surface area (Å²) in [6, 6.07) is 14.5. The molecule has 2 aromatic heterocycles. The molecule has 0 radical (unpaired) electrons. The van der Waals surface area contributed by atoms with E-state index in [9.17, 15) is 9.90 Å². The third-order valence-corrected chi connectivity index (χ3v) is 6.82. The van der Waals surface area contributed by atoms with Crippen LogP contribution in [0.1, 0.15) is 29.1 Å². The largest absolute Gasteiger partial charge is 0.478 e. The summed E-state index contributed by atoms with van der Waals surface area (Å²) in [6.07, 6.45) is 4.18. The summed E-state index contributed by atoms with van der Waals surface area (Å²) in [5.41, 5.74) is 4.10. The molecule has 0 spiro atoms. The van der Waals surface area contributed by atoms with Crippen LogP contribution in [-0.4, -0.2) is 21.0 Å². The second-order valence-electron chi connectivity index (χ2n) is 7.82. The molecule has 0 saturated heterocycles. The first kappa shape index (κ1) is 22.5. The van der Waals surface area contributed by atoms with Gasteiger partial charge in [0.05, 0.1) is 21.3 Å². The summed E-state index contributed by atoms with van der Waals surface area (Å²) >= 11 is 13.9. The maximum absolute atomic E-state index is 12.0. The molecule has 0 aliphatic carbocycles. The number of thiazole rings is 1. The maximum Gasteiger partial charge on any atom is 0.336 e. The highest BCUT2D eigenvalue weighted by Gasteiger charge is 2.19. The molecule has 2 aromatic carbocycles. The molecule has 0 atom stereocenters. The Balaban J connectivity index is 1.83. The van der Waals surface area contributed by atoms with Gasteiger partial charge in [-0.2, -0.15) is 0 Å². The molecule has 0 fully saturated rings. The Labute approximate surface area is 200 Å². The van der Waals surface area contributed by atoms with Crippen molar-refractivity contribution in [1.29, 1.82) is 0 Å². The number of aromatic carboxylic acids is 1. The van der Waals surface area contributed by atoms with Crippen molar-refractivity contribution in [2.45, 2.75) is 20.3 Å². The normalized spacial score (nSPS) is 11.2. The van der Waals surface area contributed by atoms with E-state index in [2.05, 4.69) is 18.8 Å². The molecule has 162 valence electrons. The zero-order valence-corrected chi connectivity index (χ0v) is 19.8. The van der Waals surface area contributed by atoms with Crippen LogP contribution in [0.3, 0.4) is 0 Å². The minimum atomic E-state index is -0.991. The molecule has 7 heteroatoms. The molecule has 32 heavy (non-hydrogen) atoms. The van der Waals surface area contributed by atoms with Crippen molar-refractivity contribution in [2.75, 3.05) is 0 Å². The van der Waals surface area contributed by atoms with Crippen molar-refractivity contribution in [3.8, 4) is 33.0 Å². The Morgan fingerprint density at radius 1 is 1.03 bits per heavy atom. The SMILES string of the molecule is CC(C)Cc1sc(-c2ccc(-c3cccnc3)c(C(=O)O)c2)nc1-c1ccc(Cl)c(Cl)c1. The first-order valence-corrected chi connectivity index (χ1v) is 11.6. The number of carboxylic acid groups (broad SMARTS) is 1. The summed E-state index contributed by atoms with van der Waals surface area (Å²) in [5, 5.41) is 11.6. The number of aromatic nitrogens is 2. The summed E-state index contributed by atoms with van der Waals surface area (Å²) in [6.45, 7) is 4.31. The molecule has 1 N–H and O–H groups in total. The van der Waals surface area contributed by atoms with Crippen molar-refractivity contribution in [1.82, 2.24) is 9.97 Å². The Kier molecular flexibility index (Phi) is 6.60. The van der Waals surface area contributed by atoms with Crippen LogP contribution in [0.25, 0.3) is 33.0 Å². The zero-order valence-electron chi connectivity index (χ0n) is 17.5. The van der Waals surface area contributed by atoms with E-state index >= 15 is 0 Å². The van der Waals surface area contributed by atoms with Gasteiger partial charge < -0.3 is 5.11 Å². The smallest absolute Gasteiger partial charge is 0.336 e. The lowest BCUT2D eigenvalue weighted by molar-refractivity contribution is 0.0698. The quantitative estimate of drug-likeness (QED) is 0.305. The Morgan fingerprint density at radius 2 is 1.81 bits per heavy atom. The third-order valence-electron chi connectivity index (χ3n) is 4.95. The number of rotatable bonds is 6. The third kappa shape index (κ3) is 4.70. The Morgan fingerprint density at radius 3 is 2.47 bits per heavy atom. The number of carbonyl (C=O) groups is 1. The number of nitrogens with zero attached hydrogens (tertiary/aromatic N) is 2. The van der Waals surface area contributed by atoms with Gasteiger partial charge in [0.1, 0.15) is 5.01 Å². The van der Waals surface area contributed by atoms with Gasteiger partial charge in [0.2, 0.25) is 0 Å². The summed E-state index contributed by atoms with van der Waals surface area (Å²) in [4.78, 5) is 22.1. The molecule has 0 aliphatic heterocycles. The zero-order chi connectivity index (χ0) is 22.8. The highest BCUT2D eigenvalue weighted by atomic mass is 35.5. The van der Waals surface area contributed by atoms with Crippen LogP contribution in [0.5, 0.6) is 0 Å². The highest BCUT2D eigenvalue weighted by molar-refractivity contribution is 7.15. The van der Waals surface area contributed by atoms with Crippen LogP contribution < -0.4 is 0 Å². The van der Waals surface area contributed by atoms with E-state index in [1.807, 2.05) is 30.3 Å². The van der Waals surface area contributed by atoms with Crippen LogP contribution in [0.2, 0.25) is 10.0 Å². The lowest BCUT2D eigenvalue weighted by atomic mass is 9.99. The predicted molar refractivity (Wildman–Crippen MR) is 132 cm³/mol. The van der Waals surface area contributed by atoms with Gasteiger partial charge in [-0.05, 0) is 42.2 Å². The van der Waals surface area contributed by atoms with Crippen molar-refractivity contribution in [2.24, 2.45) is 5.92 Å². The van der Waals surface area contributed by atoms with Crippen LogP contribution >= 0.6 is 34.5 Å². The minimum Gasteiger partial charge on any atom is -0.478 e. The summed E-state index contributed by atoms with van der Waals surface area (Å²) in [7, 11) is 0. The molecular weight excluding hydrogens is 463 g/mol. The van der Waals surface area contributed by atoms with E-state index < -0.39 is 5.97 Å². The summed E-state index contributed by atoms with van der Waals surface area (Å²) in [5.74, 6) is -0.554. The monoisotopic (exact) mass is 482 g/mol. The second kappa shape index (κ2) is 9.41. The molecule has 0 saturated carbocycles. The van der Waals surface area contributed by atoms with E-state index in [0.29, 0.717) is 21.5 Å². The standard InChI is InChI=1S/C25H20Cl2N2O2S/c1-14(2)10-22-23(15-6-8-20(26)21(27)12-15)29-24(32-22)16-5-7-18(19(11-16)25(30)31)17-4-3-9-28-13-17/h3-9,11-14H,10H2,1-2H3,(H,30,31). The fraction of sp³-hybridized carbons (Fsp3) is 0.160. The van der Waals surface area contributed by atoms with E-state index in [1.165, 1.54) is 0 Å². The number of hydrogen-bond donors (Lipinski definition) is 1. The van der Waals surface area contributed by atoms with Crippen LogP contribution in [0.15, 0.2) is 60.9 Å². The minimum absolute atomic E-state index is 0.215. The topological polar surface area (TPSA) is 63.1 Å². The van der Waals surface area contributed by atoms with Crippen molar-refractivity contribution >= 4 is 40.5 Å². The molecule has 0 unspecified atom stereocenters. The molecule has 4 nitrogen and oxygen atoms in total. The molecule has 4 rings (SSSR count). The second-order valence-corrected chi connectivity index (χ2v) is 9.72. The molecule has 4 aromatic rings. The average Bonchev–Trinajstić information content (AvgIpc) is 3.19. The van der Waals surface area contributed by atoms with Crippen LogP contribution in [-0.2, 0) is 6.42 Å². The van der Waals surface area contributed by atoms with E-state index in [4.69, 9.17) is 28.2 Å². The predicted octanol–water partition coefficient (Wildman–Crippen LogP) is 7.74. The van der Waals surface area contributed by atoms with Gasteiger partial charge in [-0.15, -0.1) is 11.3 Å².